The van der Waals surface area contributed by atoms with E-state index in [0.717, 1.165) is 31.5 Å². The van der Waals surface area contributed by atoms with Crippen LogP contribution in [0.1, 0.15) is 19.3 Å². The lowest BCUT2D eigenvalue weighted by atomic mass is 10.1. The third-order valence-corrected chi connectivity index (χ3v) is 4.77. The van der Waals surface area contributed by atoms with Crippen LogP contribution in [0.5, 0.6) is 0 Å². The Balaban J connectivity index is 1.55. The van der Waals surface area contributed by atoms with Gasteiger partial charge in [-0.05, 0) is 37.5 Å². The number of nitrogens with zero attached hydrogens (tertiary/aromatic N) is 2. The molecule has 0 bridgehead atoms. The van der Waals surface area contributed by atoms with Crippen molar-refractivity contribution in [3.8, 4) is 0 Å². The molecule has 0 spiro atoms. The van der Waals surface area contributed by atoms with Crippen molar-refractivity contribution in [2.75, 3.05) is 31.1 Å². The largest absolute Gasteiger partial charge is 0.391 e. The molecule has 2 atom stereocenters. The molecule has 5 nitrogen and oxygen atoms in total. The summed E-state index contributed by atoms with van der Waals surface area (Å²) in [5, 5.41) is 12.8. The molecular weight excluding hydrogens is 321 g/mol. The quantitative estimate of drug-likeness (QED) is 0.867. The summed E-state index contributed by atoms with van der Waals surface area (Å²) in [7, 11) is 0. The van der Waals surface area contributed by atoms with Crippen LogP contribution in [0.25, 0.3) is 0 Å². The number of nitrogens with one attached hydrogen (secondary N) is 1. The van der Waals surface area contributed by atoms with E-state index in [4.69, 9.17) is 11.6 Å². The van der Waals surface area contributed by atoms with Crippen molar-refractivity contribution in [2.45, 2.75) is 31.4 Å². The Morgan fingerprint density at radius 1 is 1.30 bits per heavy atom. The van der Waals surface area contributed by atoms with E-state index in [1.54, 1.807) is 17.0 Å². The monoisotopic (exact) mass is 341 g/mol. The van der Waals surface area contributed by atoms with Crippen molar-refractivity contribution in [3.05, 3.63) is 29.0 Å². The number of hydrogen-bond acceptors (Lipinski definition) is 3. The maximum atomic E-state index is 13.6. The first kappa shape index (κ1) is 16.3. The van der Waals surface area contributed by atoms with Gasteiger partial charge in [0.15, 0.2) is 0 Å². The molecule has 0 saturated carbocycles. The van der Waals surface area contributed by atoms with E-state index >= 15 is 0 Å². The number of halogens is 2. The number of carbonyl (C=O) groups is 1. The Kier molecular flexibility index (Phi) is 4.92. The van der Waals surface area contributed by atoms with Gasteiger partial charge in [-0.2, -0.15) is 0 Å². The van der Waals surface area contributed by atoms with E-state index in [1.807, 2.05) is 4.90 Å². The number of anilines is 1. The Morgan fingerprint density at radius 2 is 2.13 bits per heavy atom. The van der Waals surface area contributed by atoms with Gasteiger partial charge in [-0.25, -0.2) is 9.18 Å². The summed E-state index contributed by atoms with van der Waals surface area (Å²) in [6, 6.07) is 4.66. The highest BCUT2D eigenvalue weighted by atomic mass is 35.5. The third-order valence-electron chi connectivity index (χ3n) is 4.47. The lowest BCUT2D eigenvalue weighted by molar-refractivity contribution is 0.0835. The summed E-state index contributed by atoms with van der Waals surface area (Å²) in [5.41, 5.74) is 0.775. The number of amides is 2. The van der Waals surface area contributed by atoms with Gasteiger partial charge in [0.25, 0.3) is 0 Å². The smallest absolute Gasteiger partial charge is 0.317 e. The molecule has 23 heavy (non-hydrogen) atoms. The first-order chi connectivity index (χ1) is 11.0. The van der Waals surface area contributed by atoms with Gasteiger partial charge in [0.2, 0.25) is 0 Å². The number of aliphatic hydroxyl groups excluding tert-OH is 1. The average molecular weight is 342 g/mol. The molecule has 0 radical (unpaired) electrons. The lowest BCUT2D eigenvalue weighted by Crippen LogP contribution is -2.50. The summed E-state index contributed by atoms with van der Waals surface area (Å²) in [4.78, 5) is 16.0. The van der Waals surface area contributed by atoms with E-state index in [2.05, 4.69) is 5.32 Å². The van der Waals surface area contributed by atoms with Crippen LogP contribution in [0.3, 0.4) is 0 Å². The van der Waals surface area contributed by atoms with Gasteiger partial charge in [-0.15, -0.1) is 0 Å². The van der Waals surface area contributed by atoms with Crippen molar-refractivity contribution < 1.29 is 14.3 Å². The number of aliphatic hydroxyl groups is 1. The molecule has 3 rings (SSSR count). The highest BCUT2D eigenvalue weighted by Gasteiger charge is 2.28. The molecule has 0 aromatic heterocycles. The second kappa shape index (κ2) is 6.93. The van der Waals surface area contributed by atoms with Crippen LogP contribution in [-0.4, -0.2) is 54.4 Å². The predicted octanol–water partition coefficient (Wildman–Crippen LogP) is 2.22. The van der Waals surface area contributed by atoms with Crippen molar-refractivity contribution in [2.24, 2.45) is 0 Å². The van der Waals surface area contributed by atoms with Gasteiger partial charge in [-0.3, -0.25) is 0 Å². The van der Waals surface area contributed by atoms with Crippen molar-refractivity contribution >= 4 is 23.3 Å². The highest BCUT2D eigenvalue weighted by molar-refractivity contribution is 6.30. The minimum Gasteiger partial charge on any atom is -0.391 e. The molecular formula is C16H21ClFN3O2. The summed E-state index contributed by atoms with van der Waals surface area (Å²) >= 11 is 5.71. The maximum Gasteiger partial charge on any atom is 0.317 e. The number of urea groups is 1. The molecule has 1 aromatic carbocycles. The maximum absolute atomic E-state index is 13.6. The van der Waals surface area contributed by atoms with Crippen LogP contribution in [0.2, 0.25) is 5.02 Å². The SMILES string of the molecule is O=C(NC1CCN(c2ccc(Cl)c(F)c2)C1)N1CCCC(O)C1. The van der Waals surface area contributed by atoms with Crippen molar-refractivity contribution in [3.63, 3.8) is 0 Å². The molecule has 0 aliphatic carbocycles. The van der Waals surface area contributed by atoms with E-state index in [9.17, 15) is 14.3 Å². The normalized spacial score (nSPS) is 24.8. The number of benzene rings is 1. The number of carbonyl (C=O) groups excluding carboxylic acids is 1. The molecule has 2 N–H and O–H groups in total. The Hall–Kier alpha value is -1.53. The first-order valence-corrected chi connectivity index (χ1v) is 8.34. The van der Waals surface area contributed by atoms with E-state index < -0.39 is 11.9 Å². The Morgan fingerprint density at radius 3 is 2.87 bits per heavy atom. The van der Waals surface area contributed by atoms with E-state index in [-0.39, 0.29) is 17.1 Å². The standard InChI is InChI=1S/C16H21ClFN3O2/c17-14-4-3-12(8-15(14)18)20-7-5-11(9-20)19-16(23)21-6-1-2-13(22)10-21/h3-4,8,11,13,22H,1-2,5-7,9-10H2,(H,19,23). The minimum absolute atomic E-state index is 0.0281. The van der Waals surface area contributed by atoms with Crippen molar-refractivity contribution in [1.29, 1.82) is 0 Å². The average Bonchev–Trinajstić information content (AvgIpc) is 2.98. The molecule has 7 heteroatoms. The Labute approximate surface area is 140 Å². The number of likely N-dealkylation sites (tertiary alicyclic amines) is 1. The lowest BCUT2D eigenvalue weighted by Gasteiger charge is -2.31. The summed E-state index contributed by atoms with van der Waals surface area (Å²) in [6.45, 7) is 2.48. The fourth-order valence-electron chi connectivity index (χ4n) is 3.20. The molecule has 2 saturated heterocycles. The molecule has 2 unspecified atom stereocenters. The molecule has 2 heterocycles. The van der Waals surface area contributed by atoms with Crippen LogP contribution in [0.4, 0.5) is 14.9 Å². The van der Waals surface area contributed by atoms with Gasteiger partial charge in [0.1, 0.15) is 5.82 Å². The van der Waals surface area contributed by atoms with Crippen LogP contribution in [0.15, 0.2) is 18.2 Å². The van der Waals surface area contributed by atoms with Crippen molar-refractivity contribution in [1.82, 2.24) is 10.2 Å². The van der Waals surface area contributed by atoms with Gasteiger partial charge in [0.05, 0.1) is 11.1 Å². The summed E-state index contributed by atoms with van der Waals surface area (Å²) < 4.78 is 13.6. The van der Waals surface area contributed by atoms with Crippen LogP contribution in [-0.2, 0) is 0 Å². The molecule has 2 fully saturated rings. The predicted molar refractivity (Wildman–Crippen MR) is 87.4 cm³/mol. The first-order valence-electron chi connectivity index (χ1n) is 7.96. The number of β-amino-alcohol motifs (C(OH)–C–C–N with tert-alkyl or cyclic N) is 1. The second-order valence-corrected chi connectivity index (χ2v) is 6.63. The van der Waals surface area contributed by atoms with Gasteiger partial charge in [-0.1, -0.05) is 11.6 Å². The van der Waals surface area contributed by atoms with Crippen LogP contribution < -0.4 is 10.2 Å². The van der Waals surface area contributed by atoms with Gasteiger partial charge >= 0.3 is 6.03 Å². The van der Waals surface area contributed by atoms with E-state index in [0.29, 0.717) is 19.6 Å². The third kappa shape index (κ3) is 3.87. The van der Waals surface area contributed by atoms with Gasteiger partial charge in [0, 0.05) is 37.9 Å². The number of piperidine rings is 1. The molecule has 2 aliphatic heterocycles. The minimum atomic E-state index is -0.432. The summed E-state index contributed by atoms with van der Waals surface area (Å²) in [5.74, 6) is -0.432. The fraction of sp³-hybridized carbons (Fsp3) is 0.562. The summed E-state index contributed by atoms with van der Waals surface area (Å²) in [6.07, 6.45) is 1.97. The fourth-order valence-corrected chi connectivity index (χ4v) is 3.32. The number of hydrogen-bond donors (Lipinski definition) is 2. The topological polar surface area (TPSA) is 55.8 Å². The van der Waals surface area contributed by atoms with Crippen LogP contribution >= 0.6 is 11.6 Å². The molecule has 2 amide bonds. The van der Waals surface area contributed by atoms with E-state index in [1.165, 1.54) is 6.07 Å². The highest BCUT2D eigenvalue weighted by Crippen LogP contribution is 2.25. The molecule has 1 aromatic rings. The van der Waals surface area contributed by atoms with Gasteiger partial charge < -0.3 is 20.2 Å². The molecule has 126 valence electrons. The molecule has 2 aliphatic rings. The zero-order chi connectivity index (χ0) is 16.4. The zero-order valence-electron chi connectivity index (χ0n) is 12.8. The Bertz CT molecular complexity index is 586. The zero-order valence-corrected chi connectivity index (χ0v) is 13.6. The second-order valence-electron chi connectivity index (χ2n) is 6.22. The number of rotatable bonds is 2. The van der Waals surface area contributed by atoms with Crippen LogP contribution in [0, 0.1) is 5.82 Å².